The quantitative estimate of drug-likeness (QED) is 0.377. The van der Waals surface area contributed by atoms with Gasteiger partial charge < -0.3 is 19.5 Å². The van der Waals surface area contributed by atoms with Crippen molar-refractivity contribution in [3.8, 4) is 17.0 Å². The molecule has 0 aliphatic carbocycles. The van der Waals surface area contributed by atoms with Gasteiger partial charge in [-0.2, -0.15) is 5.10 Å². The van der Waals surface area contributed by atoms with Gasteiger partial charge in [-0.25, -0.2) is 14.2 Å². The topological polar surface area (TPSA) is 88.1 Å². The van der Waals surface area contributed by atoms with Crippen LogP contribution in [0.15, 0.2) is 67.0 Å². The highest BCUT2D eigenvalue weighted by Crippen LogP contribution is 2.24. The van der Waals surface area contributed by atoms with E-state index in [1.165, 1.54) is 12.1 Å². The fourth-order valence-corrected chi connectivity index (χ4v) is 3.90. The minimum atomic E-state index is -0.429. The van der Waals surface area contributed by atoms with Crippen molar-refractivity contribution in [3.63, 3.8) is 0 Å². The van der Waals surface area contributed by atoms with E-state index in [0.717, 1.165) is 29.1 Å². The van der Waals surface area contributed by atoms with E-state index in [4.69, 9.17) is 4.74 Å². The third kappa shape index (κ3) is 5.87. The number of amides is 2. The number of halogens is 1. The van der Waals surface area contributed by atoms with Gasteiger partial charge in [0, 0.05) is 44.3 Å². The van der Waals surface area contributed by atoms with Crippen LogP contribution >= 0.6 is 0 Å². The number of aryl methyl sites for hydroxylation is 2. The van der Waals surface area contributed by atoms with Gasteiger partial charge in [-0.3, -0.25) is 5.10 Å². The number of benzene rings is 2. The minimum absolute atomic E-state index is 0.203. The van der Waals surface area contributed by atoms with E-state index >= 15 is 0 Å². The lowest BCUT2D eigenvalue weighted by Gasteiger charge is -2.24. The monoisotopic (exact) mass is 476 g/mol. The number of ether oxygens (including phenoxy) is 1. The number of rotatable bonds is 9. The van der Waals surface area contributed by atoms with Gasteiger partial charge in [0.05, 0.1) is 12.8 Å². The van der Waals surface area contributed by atoms with E-state index in [1.807, 2.05) is 54.2 Å². The molecule has 4 aromatic rings. The maximum absolute atomic E-state index is 13.5. The molecule has 0 fully saturated rings. The normalized spacial score (nSPS) is 11.8. The maximum Gasteiger partial charge on any atom is 0.317 e. The Kier molecular flexibility index (Phi) is 7.45. The smallest absolute Gasteiger partial charge is 0.317 e. The molecule has 2 N–H and O–H groups in total. The van der Waals surface area contributed by atoms with E-state index in [9.17, 15) is 9.18 Å². The van der Waals surface area contributed by atoms with Gasteiger partial charge in [-0.15, -0.1) is 0 Å². The van der Waals surface area contributed by atoms with Crippen LogP contribution in [0.3, 0.4) is 0 Å². The number of carbonyl (C=O) groups excluding carboxylic acids is 1. The van der Waals surface area contributed by atoms with Crippen LogP contribution in [-0.2, 0) is 13.5 Å². The highest BCUT2D eigenvalue weighted by molar-refractivity contribution is 5.75. The number of aromatic nitrogens is 4. The molecule has 4 rings (SSSR count). The van der Waals surface area contributed by atoms with Crippen molar-refractivity contribution >= 4 is 6.03 Å². The number of nitrogens with one attached hydrogen (secondary N) is 2. The van der Waals surface area contributed by atoms with E-state index in [1.54, 1.807) is 31.3 Å². The van der Waals surface area contributed by atoms with Crippen molar-refractivity contribution in [1.82, 2.24) is 30.0 Å². The number of imidazole rings is 1. The first-order valence-electron chi connectivity index (χ1n) is 11.4. The van der Waals surface area contributed by atoms with Crippen molar-refractivity contribution in [2.75, 3.05) is 20.7 Å². The summed E-state index contributed by atoms with van der Waals surface area (Å²) in [6.45, 7) is 0.547. The summed E-state index contributed by atoms with van der Waals surface area (Å²) in [5.74, 6) is 1.14. The molecule has 2 aromatic heterocycles. The van der Waals surface area contributed by atoms with Crippen molar-refractivity contribution < 1.29 is 13.9 Å². The van der Waals surface area contributed by atoms with Crippen molar-refractivity contribution in [2.45, 2.75) is 18.9 Å². The average Bonchev–Trinajstić information content (AvgIpc) is 3.51. The first-order chi connectivity index (χ1) is 16.9. The number of urea groups is 1. The van der Waals surface area contributed by atoms with Crippen LogP contribution in [0.4, 0.5) is 9.18 Å². The number of methoxy groups -OCH3 is 1. The standard InChI is InChI=1S/C26H29FN6O2/c1-32-14-12-28-25(32)24(19-8-5-11-22(16-19)35-3)29-26(34)33(2)13-6-10-21-17-23(31-30-21)18-7-4-9-20(27)15-18/h4-5,7-9,11-12,14-17,24H,6,10,13H2,1-3H3,(H,29,34)(H,30,31). The SMILES string of the molecule is COc1cccc(C(NC(=O)N(C)CCCc2cc(-c3cccc(F)c3)n[nH]2)c2nccn2C)c1. The molecule has 0 spiro atoms. The van der Waals surface area contributed by atoms with Crippen LogP contribution in [-0.4, -0.2) is 51.4 Å². The summed E-state index contributed by atoms with van der Waals surface area (Å²) in [5.41, 5.74) is 3.23. The van der Waals surface area contributed by atoms with Gasteiger partial charge in [-0.1, -0.05) is 24.3 Å². The lowest BCUT2D eigenvalue weighted by Crippen LogP contribution is -2.41. The van der Waals surface area contributed by atoms with Gasteiger partial charge in [0.2, 0.25) is 0 Å². The molecule has 35 heavy (non-hydrogen) atoms. The number of nitrogens with zero attached hydrogens (tertiary/aromatic N) is 4. The van der Waals surface area contributed by atoms with Crippen molar-refractivity contribution in [3.05, 3.63) is 89.9 Å². The Morgan fingerprint density at radius 2 is 2.06 bits per heavy atom. The largest absolute Gasteiger partial charge is 0.497 e. The number of H-pyrrole nitrogens is 1. The molecule has 2 heterocycles. The third-order valence-electron chi connectivity index (χ3n) is 5.85. The molecule has 0 aliphatic heterocycles. The predicted octanol–water partition coefficient (Wildman–Crippen LogP) is 4.32. The molecule has 182 valence electrons. The highest BCUT2D eigenvalue weighted by atomic mass is 19.1. The Bertz CT molecular complexity index is 1280. The van der Waals surface area contributed by atoms with Gasteiger partial charge in [0.15, 0.2) is 0 Å². The Hall–Kier alpha value is -4.14. The molecular formula is C26H29FN6O2. The minimum Gasteiger partial charge on any atom is -0.497 e. The maximum atomic E-state index is 13.5. The number of aromatic amines is 1. The van der Waals surface area contributed by atoms with Gasteiger partial charge in [-0.05, 0) is 48.7 Å². The summed E-state index contributed by atoms with van der Waals surface area (Å²) in [7, 11) is 5.28. The lowest BCUT2D eigenvalue weighted by molar-refractivity contribution is 0.205. The van der Waals surface area contributed by atoms with Gasteiger partial charge in [0.1, 0.15) is 23.4 Å². The molecule has 0 aliphatic rings. The summed E-state index contributed by atoms with van der Waals surface area (Å²) in [6, 6.07) is 15.2. The summed E-state index contributed by atoms with van der Waals surface area (Å²) in [6.07, 6.45) is 5.00. The Labute approximate surface area is 203 Å². The fourth-order valence-electron chi connectivity index (χ4n) is 3.90. The third-order valence-corrected chi connectivity index (χ3v) is 5.85. The van der Waals surface area contributed by atoms with E-state index < -0.39 is 6.04 Å². The fraction of sp³-hybridized carbons (Fsp3) is 0.269. The zero-order valence-electron chi connectivity index (χ0n) is 20.0. The molecular weight excluding hydrogens is 447 g/mol. The summed E-state index contributed by atoms with van der Waals surface area (Å²) in [4.78, 5) is 19.1. The zero-order chi connectivity index (χ0) is 24.8. The molecule has 2 amide bonds. The Balaban J connectivity index is 1.37. The second-order valence-electron chi connectivity index (χ2n) is 8.37. The molecule has 0 saturated heterocycles. The highest BCUT2D eigenvalue weighted by Gasteiger charge is 2.23. The predicted molar refractivity (Wildman–Crippen MR) is 132 cm³/mol. The molecule has 1 atom stereocenters. The van der Waals surface area contributed by atoms with E-state index in [-0.39, 0.29) is 11.8 Å². The zero-order valence-corrected chi connectivity index (χ0v) is 20.0. The van der Waals surface area contributed by atoms with Crippen molar-refractivity contribution in [1.29, 1.82) is 0 Å². The molecule has 0 bridgehead atoms. The van der Waals surface area contributed by atoms with Crippen LogP contribution in [0.1, 0.15) is 29.5 Å². The van der Waals surface area contributed by atoms with Crippen LogP contribution in [0.25, 0.3) is 11.3 Å². The number of hydrogen-bond donors (Lipinski definition) is 2. The van der Waals surface area contributed by atoms with E-state index in [0.29, 0.717) is 24.4 Å². The van der Waals surface area contributed by atoms with Crippen LogP contribution < -0.4 is 10.1 Å². The van der Waals surface area contributed by atoms with Gasteiger partial charge in [0.25, 0.3) is 0 Å². The molecule has 1 unspecified atom stereocenters. The molecule has 9 heteroatoms. The number of hydrogen-bond acceptors (Lipinski definition) is 4. The van der Waals surface area contributed by atoms with Crippen LogP contribution in [0.5, 0.6) is 5.75 Å². The first kappa shape index (κ1) is 24.0. The first-order valence-corrected chi connectivity index (χ1v) is 11.4. The summed E-state index contributed by atoms with van der Waals surface area (Å²) in [5, 5.41) is 10.4. The summed E-state index contributed by atoms with van der Waals surface area (Å²) < 4.78 is 20.7. The second-order valence-corrected chi connectivity index (χ2v) is 8.37. The van der Waals surface area contributed by atoms with E-state index in [2.05, 4.69) is 20.5 Å². The van der Waals surface area contributed by atoms with Crippen LogP contribution in [0.2, 0.25) is 0 Å². The molecule has 2 aromatic carbocycles. The second kappa shape index (κ2) is 10.9. The van der Waals surface area contributed by atoms with Crippen LogP contribution in [0, 0.1) is 5.82 Å². The van der Waals surface area contributed by atoms with Crippen molar-refractivity contribution in [2.24, 2.45) is 7.05 Å². The Morgan fingerprint density at radius 3 is 2.80 bits per heavy atom. The molecule has 0 saturated carbocycles. The lowest BCUT2D eigenvalue weighted by atomic mass is 10.1. The molecule has 8 nitrogen and oxygen atoms in total. The van der Waals surface area contributed by atoms with Gasteiger partial charge >= 0.3 is 6.03 Å². The number of carbonyl (C=O) groups is 1. The molecule has 0 radical (unpaired) electrons. The summed E-state index contributed by atoms with van der Waals surface area (Å²) >= 11 is 0. The average molecular weight is 477 g/mol. The Morgan fingerprint density at radius 1 is 1.23 bits per heavy atom.